The summed E-state index contributed by atoms with van der Waals surface area (Å²) in [6.07, 6.45) is 3.88. The van der Waals surface area contributed by atoms with Gasteiger partial charge in [-0.3, -0.25) is 14.1 Å². The molecule has 2 N–H and O–H groups in total. The maximum absolute atomic E-state index is 13.7. The molecule has 0 spiro atoms. The van der Waals surface area contributed by atoms with Crippen molar-refractivity contribution in [2.75, 3.05) is 31.3 Å². The van der Waals surface area contributed by atoms with Gasteiger partial charge in [0.2, 0.25) is 15.9 Å². The zero-order chi connectivity index (χ0) is 25.9. The van der Waals surface area contributed by atoms with E-state index < -0.39 is 39.0 Å². The summed E-state index contributed by atoms with van der Waals surface area (Å²) in [6.45, 7) is 2.28. The van der Waals surface area contributed by atoms with Gasteiger partial charge in [0, 0.05) is 25.4 Å². The minimum Gasteiger partial charge on any atom is -0.494 e. The Balaban J connectivity index is 1.79. The van der Waals surface area contributed by atoms with Crippen LogP contribution in [0.25, 0.3) is 5.69 Å². The molecule has 0 amide bonds. The summed E-state index contributed by atoms with van der Waals surface area (Å²) in [5.74, 6) is -0.166. The van der Waals surface area contributed by atoms with E-state index >= 15 is 0 Å². The van der Waals surface area contributed by atoms with Crippen LogP contribution >= 0.6 is 0 Å². The molecular weight excluding hydrogens is 490 g/mol. The number of anilines is 1. The van der Waals surface area contributed by atoms with Crippen LogP contribution in [0, 0.1) is 6.92 Å². The molecule has 0 unspecified atom stereocenters. The largest absolute Gasteiger partial charge is 0.494 e. The molecule has 192 valence electrons. The third-order valence-electron chi connectivity index (χ3n) is 5.62. The Kier molecular flexibility index (Phi) is 7.40. The van der Waals surface area contributed by atoms with Crippen molar-refractivity contribution in [3.63, 3.8) is 0 Å². The zero-order valence-corrected chi connectivity index (χ0v) is 20.9. The molecule has 1 aliphatic heterocycles. The lowest BCUT2D eigenvalue weighted by Crippen LogP contribution is -2.31. The van der Waals surface area contributed by atoms with E-state index in [1.807, 2.05) is 6.92 Å². The first kappa shape index (κ1) is 25.4. The van der Waals surface area contributed by atoms with Crippen molar-refractivity contribution >= 4 is 15.7 Å². The van der Waals surface area contributed by atoms with Gasteiger partial charge in [-0.25, -0.2) is 18.4 Å². The number of aromatic hydroxyl groups is 1. The minimum atomic E-state index is -4.09. The van der Waals surface area contributed by atoms with Crippen molar-refractivity contribution in [3.8, 4) is 23.1 Å². The molecule has 1 fully saturated rings. The third-order valence-corrected chi connectivity index (χ3v) is 6.88. The molecule has 3 aromatic rings. The molecule has 36 heavy (non-hydrogen) atoms. The van der Waals surface area contributed by atoms with Crippen molar-refractivity contribution in [1.29, 1.82) is 0 Å². The smallest absolute Gasteiger partial charge is 0.286 e. The van der Waals surface area contributed by atoms with Crippen LogP contribution in [-0.2, 0) is 21.2 Å². The van der Waals surface area contributed by atoms with Crippen LogP contribution < -0.4 is 19.8 Å². The van der Waals surface area contributed by atoms with Crippen LogP contribution in [-0.4, -0.2) is 59.6 Å². The highest BCUT2D eigenvalue weighted by atomic mass is 32.2. The monoisotopic (exact) mass is 517 g/mol. The van der Waals surface area contributed by atoms with Gasteiger partial charge in [-0.1, -0.05) is 6.07 Å². The lowest BCUT2D eigenvalue weighted by Gasteiger charge is -2.21. The van der Waals surface area contributed by atoms with Gasteiger partial charge in [0.1, 0.15) is 34.9 Å². The highest BCUT2D eigenvalue weighted by molar-refractivity contribution is 7.92. The van der Waals surface area contributed by atoms with Crippen LogP contribution in [0.15, 0.2) is 35.4 Å². The molecule has 2 aromatic heterocycles. The number of nitrogens with one attached hydrogen (secondary N) is 1. The van der Waals surface area contributed by atoms with Crippen LogP contribution in [0.3, 0.4) is 0 Å². The van der Waals surface area contributed by atoms with Crippen LogP contribution in [0.4, 0.5) is 5.69 Å². The number of aryl methyl sites for hydroxylation is 2. The van der Waals surface area contributed by atoms with E-state index in [1.54, 1.807) is 30.6 Å². The topological polar surface area (TPSA) is 155 Å². The fourth-order valence-electron chi connectivity index (χ4n) is 3.86. The molecule has 13 heteroatoms. The van der Waals surface area contributed by atoms with Crippen molar-refractivity contribution in [3.05, 3.63) is 58.2 Å². The predicted molar refractivity (Wildman–Crippen MR) is 130 cm³/mol. The second-order valence-corrected chi connectivity index (χ2v) is 10.0. The van der Waals surface area contributed by atoms with E-state index in [4.69, 9.17) is 14.2 Å². The first-order chi connectivity index (χ1) is 17.2. The van der Waals surface area contributed by atoms with Crippen LogP contribution in [0.2, 0.25) is 0 Å². The van der Waals surface area contributed by atoms with Crippen LogP contribution in [0.1, 0.15) is 36.2 Å². The lowest BCUT2D eigenvalue weighted by molar-refractivity contribution is 0.102. The third kappa shape index (κ3) is 5.26. The number of methoxy groups -OCH3 is 2. The first-order valence-electron chi connectivity index (χ1n) is 11.2. The molecule has 12 nitrogen and oxygen atoms in total. The van der Waals surface area contributed by atoms with Gasteiger partial charge in [-0.15, -0.1) is 0 Å². The number of para-hydroxylation sites is 1. The Bertz CT molecular complexity index is 1380. The van der Waals surface area contributed by atoms with Crippen molar-refractivity contribution in [2.45, 2.75) is 32.3 Å². The second-order valence-electron chi connectivity index (χ2n) is 8.17. The Morgan fingerprint density at radius 1 is 1.19 bits per heavy atom. The highest BCUT2D eigenvalue weighted by Gasteiger charge is 2.30. The van der Waals surface area contributed by atoms with Gasteiger partial charge >= 0.3 is 0 Å². The number of aromatic nitrogens is 4. The van der Waals surface area contributed by atoms with Crippen molar-refractivity contribution in [1.82, 2.24) is 19.5 Å². The zero-order valence-electron chi connectivity index (χ0n) is 20.1. The van der Waals surface area contributed by atoms with Gasteiger partial charge in [0.15, 0.2) is 5.69 Å². The number of hydrogen-bond donors (Lipinski definition) is 2. The van der Waals surface area contributed by atoms with E-state index in [2.05, 4.69) is 19.7 Å². The van der Waals surface area contributed by atoms with Crippen molar-refractivity contribution < 1.29 is 27.7 Å². The molecule has 0 radical (unpaired) electrons. The molecule has 3 heterocycles. The molecule has 0 saturated carbocycles. The number of rotatable bonds is 9. The quantitative estimate of drug-likeness (QED) is 0.430. The fraction of sp³-hybridized carbons (Fsp3) is 0.391. The minimum absolute atomic E-state index is 0.00627. The molecule has 1 atom stereocenters. The molecule has 0 bridgehead atoms. The summed E-state index contributed by atoms with van der Waals surface area (Å²) in [4.78, 5) is 26.1. The SMILES string of the molecule is COc1cccc(OC)c1-n1c([C@H]2CCCO2)nc(O)c(NS(=O)(=O)CCc2ncc(C)cn2)c1=O. The first-order valence-corrected chi connectivity index (χ1v) is 12.9. The van der Waals surface area contributed by atoms with E-state index in [9.17, 15) is 18.3 Å². The summed E-state index contributed by atoms with van der Waals surface area (Å²) < 4.78 is 45.7. The maximum atomic E-state index is 13.7. The van der Waals surface area contributed by atoms with Gasteiger partial charge < -0.3 is 19.3 Å². The van der Waals surface area contributed by atoms with E-state index in [0.717, 1.165) is 16.6 Å². The van der Waals surface area contributed by atoms with Gasteiger partial charge in [-0.2, -0.15) is 4.98 Å². The standard InChI is InChI=1S/C23H27N5O7S/c1-14-12-24-18(25-13-14)9-11-36(31,32)27-19-22(29)26-21(17-8-5-10-35-17)28(23(19)30)20-15(33-2)6-4-7-16(20)34-3/h4,6-7,12-13,17,27,29H,5,8-11H2,1-3H3/t17-/m1/s1. The molecule has 4 rings (SSSR count). The van der Waals surface area contributed by atoms with E-state index in [1.165, 1.54) is 14.2 Å². The number of benzene rings is 1. The average Bonchev–Trinajstić information content (AvgIpc) is 3.40. The second kappa shape index (κ2) is 10.5. The Hall–Kier alpha value is -3.71. The summed E-state index contributed by atoms with van der Waals surface area (Å²) in [5.41, 5.74) is -0.408. The van der Waals surface area contributed by atoms with Gasteiger partial charge in [0.05, 0.1) is 20.0 Å². The fourth-order valence-corrected chi connectivity index (χ4v) is 4.90. The van der Waals surface area contributed by atoms with Gasteiger partial charge in [0.25, 0.3) is 5.56 Å². The predicted octanol–water partition coefficient (Wildman–Crippen LogP) is 1.89. The highest BCUT2D eigenvalue weighted by Crippen LogP contribution is 2.37. The molecular formula is C23H27N5O7S. The number of hydrogen-bond acceptors (Lipinski definition) is 10. The normalized spacial score (nSPS) is 15.6. The Labute approximate surface area is 208 Å². The molecule has 1 aliphatic rings. The number of ether oxygens (including phenoxy) is 3. The Morgan fingerprint density at radius 3 is 2.44 bits per heavy atom. The summed E-state index contributed by atoms with van der Waals surface area (Å²) in [6, 6.07) is 4.94. The summed E-state index contributed by atoms with van der Waals surface area (Å²) >= 11 is 0. The molecule has 0 aliphatic carbocycles. The van der Waals surface area contributed by atoms with Gasteiger partial charge in [-0.05, 0) is 37.5 Å². The van der Waals surface area contributed by atoms with Crippen LogP contribution in [0.5, 0.6) is 17.4 Å². The Morgan fingerprint density at radius 2 is 1.86 bits per heavy atom. The van der Waals surface area contributed by atoms with E-state index in [0.29, 0.717) is 18.9 Å². The molecule has 1 aromatic carbocycles. The van der Waals surface area contributed by atoms with E-state index in [-0.39, 0.29) is 29.4 Å². The lowest BCUT2D eigenvalue weighted by atomic mass is 10.2. The number of nitrogens with zero attached hydrogens (tertiary/aromatic N) is 4. The maximum Gasteiger partial charge on any atom is 0.286 e. The van der Waals surface area contributed by atoms with Crippen molar-refractivity contribution in [2.24, 2.45) is 0 Å². The summed E-state index contributed by atoms with van der Waals surface area (Å²) in [7, 11) is -1.23. The summed E-state index contributed by atoms with van der Waals surface area (Å²) in [5, 5.41) is 10.6. The molecule has 1 saturated heterocycles. The number of sulfonamides is 1. The average molecular weight is 518 g/mol.